The summed E-state index contributed by atoms with van der Waals surface area (Å²) in [6.45, 7) is 30.2. The van der Waals surface area contributed by atoms with Crippen molar-refractivity contribution in [3.8, 4) is 113 Å². The van der Waals surface area contributed by atoms with Crippen molar-refractivity contribution in [3.05, 3.63) is 241 Å². The van der Waals surface area contributed by atoms with Crippen LogP contribution in [0.4, 0.5) is 0 Å². The maximum atomic E-state index is 11.7. The number of pyridine rings is 8. The molecule has 0 atom stereocenters. The predicted molar refractivity (Wildman–Crippen MR) is 471 cm³/mol. The molecule has 6 aromatic carbocycles. The number of aromatic hydroxyl groups is 4. The number of nitrogens with zero attached hydrogens (tertiary/aromatic N) is 8. The number of phenols is 4. The number of hydrogen-bond acceptors (Lipinski definition) is 16. The van der Waals surface area contributed by atoms with Crippen molar-refractivity contribution in [2.75, 3.05) is 0 Å². The van der Waals surface area contributed by atoms with Crippen molar-refractivity contribution in [2.24, 2.45) is 0 Å². The molecule has 0 aliphatic heterocycles. The molecule has 0 spiro atoms. The summed E-state index contributed by atoms with van der Waals surface area (Å²) in [7, 11) is 0. The van der Waals surface area contributed by atoms with Gasteiger partial charge in [-0.15, -0.1) is 0 Å². The third-order valence-electron chi connectivity index (χ3n) is 17.8. The Labute approximate surface area is 735 Å². The van der Waals surface area contributed by atoms with Crippen LogP contribution >= 0.6 is 0 Å². The number of carboxylic acids is 4. The Morgan fingerprint density at radius 1 is 0.248 bits per heavy atom. The largest absolute Gasteiger partial charge is 0.507 e. The fraction of sp³-hybridized carbons (Fsp3) is 0.234. The Hall–Kier alpha value is -12.0. The summed E-state index contributed by atoms with van der Waals surface area (Å²) in [5.74, 6) is -2.80. The van der Waals surface area contributed by atoms with Crippen molar-refractivity contribution < 1.29 is 131 Å². The number of carbonyl (C=O) groups is 4. The zero-order valence-electron chi connectivity index (χ0n) is 68.5. The van der Waals surface area contributed by atoms with Gasteiger partial charge in [0.1, 0.15) is 23.0 Å². The summed E-state index contributed by atoms with van der Waals surface area (Å²) < 4.78 is 0. The first kappa shape index (κ1) is 109. The molecule has 0 saturated heterocycles. The number of fused-ring (bicyclic) bond motifs is 6. The zero-order valence-corrected chi connectivity index (χ0v) is 71.5. The molecule has 121 heavy (non-hydrogen) atoms. The molecule has 0 bridgehead atoms. The van der Waals surface area contributed by atoms with Gasteiger partial charge in [0.15, 0.2) is 0 Å². The van der Waals surface area contributed by atoms with Gasteiger partial charge in [-0.05, 0) is 165 Å². The normalized spacial score (nSPS) is 10.4. The van der Waals surface area contributed by atoms with Crippen LogP contribution in [-0.4, -0.2) is 127 Å². The Kier molecular flexibility index (Phi) is 41.4. The molecule has 0 unspecified atom stereocenters. The molecule has 0 aliphatic carbocycles. The molecule has 0 saturated carbocycles. The molecule has 14 aromatic rings. The van der Waals surface area contributed by atoms with Gasteiger partial charge >= 0.3 is 0 Å². The van der Waals surface area contributed by atoms with E-state index in [1.807, 2.05) is 194 Å². The van der Waals surface area contributed by atoms with Crippen LogP contribution < -0.4 is 0 Å². The van der Waals surface area contributed by atoms with Crippen molar-refractivity contribution in [3.63, 3.8) is 0 Å². The summed E-state index contributed by atoms with van der Waals surface area (Å²) in [4.78, 5) is 74.8. The number of rotatable bonds is 8. The molecule has 650 valence electrons. The van der Waals surface area contributed by atoms with Gasteiger partial charge in [-0.25, -0.2) is 19.9 Å². The molecule has 27 heteroatoms. The van der Waals surface area contributed by atoms with Crippen LogP contribution in [0.2, 0.25) is 0 Å². The van der Waals surface area contributed by atoms with E-state index in [0.717, 1.165) is 71.5 Å². The minimum atomic E-state index is -0.833. The van der Waals surface area contributed by atoms with E-state index >= 15 is 0 Å². The minimum Gasteiger partial charge on any atom is -0.507 e. The topological polar surface area (TPSA) is 459 Å². The van der Waals surface area contributed by atoms with E-state index in [-0.39, 0.29) is 131 Å². The van der Waals surface area contributed by atoms with Crippen molar-refractivity contribution >= 4 is 67.5 Å². The monoisotopic (exact) mass is 1780 g/mol. The third kappa shape index (κ3) is 27.5. The Bertz CT molecular complexity index is 5100. The summed E-state index contributed by atoms with van der Waals surface area (Å²) in [5.41, 5.74) is 16.9. The Morgan fingerprint density at radius 3 is 0.521 bits per heavy atom. The van der Waals surface area contributed by atoms with Crippen LogP contribution in [0.3, 0.4) is 0 Å². The molecule has 24 nitrogen and oxygen atoms in total. The molecule has 14 rings (SSSR count). The molecular formula is C94H108N8Ni3O16. The molecule has 8 heterocycles. The van der Waals surface area contributed by atoms with Gasteiger partial charge in [-0.2, -0.15) is 0 Å². The van der Waals surface area contributed by atoms with Crippen LogP contribution in [0.15, 0.2) is 219 Å². The number of hydrogen-bond donors (Lipinski definition) is 8. The summed E-state index contributed by atoms with van der Waals surface area (Å²) >= 11 is 0. The van der Waals surface area contributed by atoms with E-state index in [4.69, 9.17) is 59.5 Å². The Morgan fingerprint density at radius 2 is 0.388 bits per heavy atom. The quantitative estimate of drug-likeness (QED) is 0.0517. The first-order valence-corrected chi connectivity index (χ1v) is 36.1. The van der Waals surface area contributed by atoms with E-state index in [1.165, 1.54) is 0 Å². The maximum Gasteiger partial charge on any atom is 0.300 e. The van der Waals surface area contributed by atoms with Gasteiger partial charge in [0.05, 0.1) is 67.6 Å². The van der Waals surface area contributed by atoms with Gasteiger partial charge in [0.25, 0.3) is 23.9 Å². The predicted octanol–water partition coefficient (Wildman–Crippen LogP) is 18.8. The number of benzene rings is 6. The number of carboxylic acid groups (broad SMARTS) is 4. The SMILES string of the molecule is C.C.CC(=O)O.CC(=O)O.CC(=O)O.CC(=O)O.CC(C)(C)c1cc(-c2ccccn2)c(O)c(-c2ccc3ccc4ccc(-c5cc(C(C)(C)C)cc(-c6ccccn6)c5O)nc4c3n2)c1.CC(C)(C)c1cc(-c2ccccn2)c(O)c(-c2ccc3ccc4ccc(-c5cc(C(C)(C)C)cc(-c6ccccn6)c5O)nc4c3n2)c1.O.O.O.O.[Ni].[Ni].[Ni]. The number of aromatic nitrogens is 8. The molecule has 0 radical (unpaired) electrons. The Balaban J connectivity index is 0.00000190. The third-order valence-corrected chi connectivity index (χ3v) is 17.8. The van der Waals surface area contributed by atoms with Crippen molar-refractivity contribution in [2.45, 2.75) is 147 Å². The van der Waals surface area contributed by atoms with Gasteiger partial charge in [-0.3, -0.25) is 39.1 Å². The molecule has 0 amide bonds. The van der Waals surface area contributed by atoms with Gasteiger partial charge in [0, 0.05) is 168 Å². The van der Waals surface area contributed by atoms with Gasteiger partial charge in [0.2, 0.25) is 0 Å². The standard InChI is InChI=1S/2C42H38N4O2.4C2H4O2.2CH4.3Ni.4H2O/c2*1-41(2,3)27-21-29(33-11-7-9-19-43-33)39(47)31(23-27)35-17-15-25-13-14-26-16-18-36(46-38(26)37(25)45-35)32-24-28(42(4,5)6)22-30(40(32)48)34-12-8-10-20-44-34;4*1-2(3)4;;;;;;;;;/h2*7-24,47-48H,1-6H3;4*1H3,(H,3,4);2*1H4;;;;4*1H2. The summed E-state index contributed by atoms with van der Waals surface area (Å²) in [5, 5.41) is 80.1. The van der Waals surface area contributed by atoms with Crippen LogP contribution in [0.1, 0.15) is 148 Å². The average Bonchev–Trinajstić information content (AvgIpc) is 0.878. The van der Waals surface area contributed by atoms with E-state index in [9.17, 15) is 20.4 Å². The van der Waals surface area contributed by atoms with Gasteiger partial charge < -0.3 is 62.8 Å². The zero-order chi connectivity index (χ0) is 81.9. The van der Waals surface area contributed by atoms with Crippen LogP contribution in [0, 0.1) is 0 Å². The van der Waals surface area contributed by atoms with Crippen molar-refractivity contribution in [1.82, 2.24) is 39.9 Å². The average molecular weight is 1780 g/mol. The second-order valence-corrected chi connectivity index (χ2v) is 30.8. The van der Waals surface area contributed by atoms with E-state index in [0.29, 0.717) is 112 Å². The summed E-state index contributed by atoms with van der Waals surface area (Å²) in [6.07, 6.45) is 6.93. The fourth-order valence-electron chi connectivity index (χ4n) is 12.1. The second kappa shape index (κ2) is 45.9. The van der Waals surface area contributed by atoms with Crippen LogP contribution in [-0.2, 0) is 90.3 Å². The van der Waals surface area contributed by atoms with Crippen LogP contribution in [0.5, 0.6) is 23.0 Å². The molecule has 0 aliphatic rings. The molecule has 16 N–H and O–H groups in total. The number of aliphatic carboxylic acids is 4. The molecule has 0 fully saturated rings. The summed E-state index contributed by atoms with van der Waals surface area (Å²) in [6, 6.07) is 62.9. The fourth-order valence-corrected chi connectivity index (χ4v) is 12.1. The first-order chi connectivity index (χ1) is 52.7. The van der Waals surface area contributed by atoms with Crippen molar-refractivity contribution in [1.29, 1.82) is 0 Å². The van der Waals surface area contributed by atoms with E-state index < -0.39 is 23.9 Å². The first-order valence-electron chi connectivity index (χ1n) is 36.1. The number of phenolic OH excluding ortho intramolecular Hbond substituents is 4. The van der Waals surface area contributed by atoms with E-state index in [1.54, 1.807) is 24.8 Å². The smallest absolute Gasteiger partial charge is 0.300 e. The molecular weight excluding hydrogens is 1670 g/mol. The van der Waals surface area contributed by atoms with Gasteiger partial charge in [-0.1, -0.05) is 171 Å². The minimum absolute atomic E-state index is 0. The second-order valence-electron chi connectivity index (χ2n) is 30.8. The van der Waals surface area contributed by atoms with Crippen LogP contribution in [0.25, 0.3) is 134 Å². The van der Waals surface area contributed by atoms with E-state index in [2.05, 4.69) is 103 Å². The molecule has 8 aromatic heterocycles. The maximum absolute atomic E-state index is 11.7.